The number of ether oxygens (including phenoxy) is 1. The van der Waals surface area contributed by atoms with E-state index in [4.69, 9.17) is 9.72 Å². The minimum atomic E-state index is -0.00534. The molecule has 0 saturated carbocycles. The molecule has 1 atom stereocenters. The average molecular weight is 506 g/mol. The fourth-order valence-electron chi connectivity index (χ4n) is 7.75. The van der Waals surface area contributed by atoms with Gasteiger partial charge in [0.05, 0.1) is 27.9 Å². The number of para-hydroxylation sites is 4. The summed E-state index contributed by atoms with van der Waals surface area (Å²) in [7, 11) is 2.12. The number of imidazole rings is 1. The van der Waals surface area contributed by atoms with Gasteiger partial charge in [-0.05, 0) is 53.2 Å². The van der Waals surface area contributed by atoms with Crippen molar-refractivity contribution in [3.63, 3.8) is 0 Å². The van der Waals surface area contributed by atoms with Crippen molar-refractivity contribution in [1.29, 1.82) is 0 Å². The molecule has 0 N–H and O–H groups in total. The van der Waals surface area contributed by atoms with Crippen LogP contribution in [0.1, 0.15) is 0 Å². The molecule has 1 unspecified atom stereocenters. The van der Waals surface area contributed by atoms with Crippen LogP contribution < -0.4 is 24.2 Å². The van der Waals surface area contributed by atoms with Gasteiger partial charge in [-0.3, -0.25) is 4.79 Å². The molecule has 39 heavy (non-hydrogen) atoms. The number of nitrogens with zero attached hydrogens (tertiary/aromatic N) is 6. The van der Waals surface area contributed by atoms with Gasteiger partial charge in [-0.15, -0.1) is 0 Å². The van der Waals surface area contributed by atoms with E-state index in [2.05, 4.69) is 80.1 Å². The Hall–Kier alpha value is -5.34. The molecule has 1 spiro atoms. The highest BCUT2D eigenvalue weighted by Crippen LogP contribution is 2.59. The van der Waals surface area contributed by atoms with Crippen molar-refractivity contribution < 1.29 is 14.1 Å². The Morgan fingerprint density at radius 2 is 1.69 bits per heavy atom. The van der Waals surface area contributed by atoms with Crippen LogP contribution in [-0.2, 0) is 7.05 Å². The number of fused-ring (bicyclic) bond motifs is 5. The summed E-state index contributed by atoms with van der Waals surface area (Å²) >= 11 is 0. The van der Waals surface area contributed by atoms with Crippen LogP contribution in [0.4, 0.5) is 11.4 Å². The van der Waals surface area contributed by atoms with Crippen LogP contribution in [0.25, 0.3) is 60.6 Å². The molecule has 8 heteroatoms. The molecule has 0 saturated heterocycles. The summed E-state index contributed by atoms with van der Waals surface area (Å²) in [5, 5.41) is 3.47. The molecular formula is C31H17N6O2+3. The number of aryl methyl sites for hydroxylation is 1. The van der Waals surface area contributed by atoms with Gasteiger partial charge >= 0.3 is 17.2 Å². The number of quaternary nitrogens is 1. The molecule has 0 fully saturated rings. The van der Waals surface area contributed by atoms with E-state index in [1.54, 1.807) is 6.20 Å². The molecule has 8 nitrogen and oxygen atoms in total. The number of rotatable bonds is 0. The Balaban J connectivity index is 1.56. The third kappa shape index (κ3) is 1.64. The van der Waals surface area contributed by atoms with Gasteiger partial charge in [0.1, 0.15) is 5.56 Å². The number of pyridine rings is 3. The van der Waals surface area contributed by atoms with E-state index < -0.39 is 0 Å². The molecular weight excluding hydrogens is 488 g/mol. The number of aromatic nitrogens is 5. The largest absolute Gasteiger partial charge is 0.427 e. The highest BCUT2D eigenvalue weighted by Gasteiger charge is 2.69. The molecule has 0 radical (unpaired) electrons. The lowest BCUT2D eigenvalue weighted by atomic mass is 10.1. The lowest BCUT2D eigenvalue weighted by Gasteiger charge is -2.32. The van der Waals surface area contributed by atoms with E-state index in [9.17, 15) is 4.79 Å². The summed E-state index contributed by atoms with van der Waals surface area (Å²) in [5.41, 5.74) is 7.98. The van der Waals surface area contributed by atoms with Crippen LogP contribution in [0.3, 0.4) is 0 Å². The monoisotopic (exact) mass is 505 g/mol. The quantitative estimate of drug-likeness (QED) is 0.172. The fourth-order valence-corrected chi connectivity index (χ4v) is 7.75. The summed E-state index contributed by atoms with van der Waals surface area (Å²) < 4.78 is 16.0. The predicted octanol–water partition coefficient (Wildman–Crippen LogP) is 4.62. The molecule has 3 aliphatic rings. The highest BCUT2D eigenvalue weighted by atomic mass is 16.5. The van der Waals surface area contributed by atoms with Gasteiger partial charge in [0.15, 0.2) is 23.0 Å². The van der Waals surface area contributed by atoms with Crippen LogP contribution in [0, 0.1) is 0 Å². The maximum Gasteiger partial charge on any atom is 0.352 e. The zero-order chi connectivity index (χ0) is 25.4. The second-order valence-electron chi connectivity index (χ2n) is 10.7. The van der Waals surface area contributed by atoms with Crippen LogP contribution >= 0.6 is 0 Å². The van der Waals surface area contributed by atoms with E-state index >= 15 is 0 Å². The van der Waals surface area contributed by atoms with Crippen molar-refractivity contribution in [3.8, 4) is 23.0 Å². The summed E-state index contributed by atoms with van der Waals surface area (Å²) in [5.74, 6) is 2.34. The maximum atomic E-state index is 14.1. The number of benzene rings is 3. The molecule has 0 amide bonds. The Morgan fingerprint density at radius 1 is 0.846 bits per heavy atom. The van der Waals surface area contributed by atoms with Gasteiger partial charge in [0.2, 0.25) is 16.5 Å². The van der Waals surface area contributed by atoms with E-state index in [0.29, 0.717) is 16.7 Å². The molecule has 8 heterocycles. The minimum Gasteiger partial charge on any atom is -0.427 e. The van der Waals surface area contributed by atoms with Crippen LogP contribution in [0.5, 0.6) is 11.6 Å². The van der Waals surface area contributed by atoms with Crippen LogP contribution in [0.2, 0.25) is 0 Å². The van der Waals surface area contributed by atoms with Gasteiger partial charge in [-0.25, -0.2) is 9.55 Å². The Labute approximate surface area is 218 Å². The van der Waals surface area contributed by atoms with Crippen LogP contribution in [-0.4, -0.2) is 14.0 Å². The van der Waals surface area contributed by atoms with E-state index in [-0.39, 0.29) is 10.1 Å². The van der Waals surface area contributed by atoms with Crippen LogP contribution in [0.15, 0.2) is 90.0 Å². The number of hydrogen-bond donors (Lipinski definition) is 0. The van der Waals surface area contributed by atoms with Crippen molar-refractivity contribution in [3.05, 3.63) is 95.4 Å². The number of hydrogen-bond acceptors (Lipinski definition) is 3. The van der Waals surface area contributed by atoms with E-state index in [0.717, 1.165) is 67.0 Å². The van der Waals surface area contributed by atoms with Gasteiger partial charge in [-0.2, -0.15) is 4.40 Å². The Kier molecular flexibility index (Phi) is 2.69. The molecule has 3 aliphatic heterocycles. The van der Waals surface area contributed by atoms with Crippen molar-refractivity contribution in [1.82, 2.24) is 18.7 Å². The SMILES string of the molecule is Cn1c2[n+](c3ccccc31)[N+]13c4c(cccc4-2)Oc2ncc4c(=O)c5cccc6c7ccc[n+]1c7n(c4c23)c56. The lowest BCUT2D eigenvalue weighted by Crippen LogP contribution is -2.83. The highest BCUT2D eigenvalue weighted by molar-refractivity contribution is 6.17. The zero-order valence-electron chi connectivity index (χ0n) is 20.6. The van der Waals surface area contributed by atoms with Crippen molar-refractivity contribution in [2.75, 3.05) is 0 Å². The van der Waals surface area contributed by atoms with Crippen molar-refractivity contribution in [2.24, 2.45) is 7.05 Å². The zero-order valence-corrected chi connectivity index (χ0v) is 20.6. The second kappa shape index (κ2) is 5.57. The summed E-state index contributed by atoms with van der Waals surface area (Å²) in [4.78, 5) is 18.9. The predicted molar refractivity (Wildman–Crippen MR) is 146 cm³/mol. The first-order valence-electron chi connectivity index (χ1n) is 13.0. The lowest BCUT2D eigenvalue weighted by molar-refractivity contribution is -1.01. The summed E-state index contributed by atoms with van der Waals surface area (Å²) in [6.07, 6.45) is 3.84. The van der Waals surface area contributed by atoms with Gasteiger partial charge in [0, 0.05) is 16.3 Å². The van der Waals surface area contributed by atoms with Gasteiger partial charge in [0.25, 0.3) is 11.6 Å². The molecule has 180 valence electrons. The topological polar surface area (TPSA) is 56.3 Å². The Bertz CT molecular complexity index is 2580. The molecule has 5 aromatic heterocycles. The summed E-state index contributed by atoms with van der Waals surface area (Å²) in [6.45, 7) is 0. The molecule has 8 aromatic rings. The smallest absolute Gasteiger partial charge is 0.352 e. The van der Waals surface area contributed by atoms with E-state index in [1.807, 2.05) is 24.3 Å². The standard InChI is InChI=1S/C31H17N6O2/c1-33-21-11-2-3-12-22(21)36-30(33)19-9-5-13-23-26(19)37(36)27-25-20(15-32-29(27)39-23)28(38)18-8-4-7-16-17-10-6-14-34(37)31(17)35(25)24(16)18/h2-15H,1H3/q+3. The molecule has 0 aliphatic carbocycles. The first-order valence-corrected chi connectivity index (χ1v) is 13.0. The van der Waals surface area contributed by atoms with Gasteiger partial charge < -0.3 is 4.74 Å². The van der Waals surface area contributed by atoms with Crippen molar-refractivity contribution >= 4 is 60.6 Å². The maximum absolute atomic E-state index is 14.1. The molecule has 11 rings (SSSR count). The Morgan fingerprint density at radius 3 is 2.64 bits per heavy atom. The normalized spacial score (nSPS) is 17.8. The fraction of sp³-hybridized carbons (Fsp3) is 0.0323. The van der Waals surface area contributed by atoms with Gasteiger partial charge in [-0.1, -0.05) is 24.3 Å². The van der Waals surface area contributed by atoms with Crippen molar-refractivity contribution in [2.45, 2.75) is 0 Å². The third-order valence-electron chi connectivity index (χ3n) is 9.08. The first-order chi connectivity index (χ1) is 19.2. The first kappa shape index (κ1) is 18.8. The van der Waals surface area contributed by atoms with E-state index in [1.165, 1.54) is 0 Å². The third-order valence-corrected chi connectivity index (χ3v) is 9.08. The summed E-state index contributed by atoms with van der Waals surface area (Å²) in [6, 6.07) is 25.0. The molecule has 0 bridgehead atoms. The molecule has 3 aromatic carbocycles. The minimum absolute atomic E-state index is 0.00534. The average Bonchev–Trinajstić information content (AvgIpc) is 3.58. The second-order valence-corrected chi connectivity index (χ2v) is 10.7.